The predicted molar refractivity (Wildman–Crippen MR) is 84.9 cm³/mol. The lowest BCUT2D eigenvalue weighted by Crippen LogP contribution is -2.16. The van der Waals surface area contributed by atoms with Crippen LogP contribution >= 0.6 is 23.1 Å². The average Bonchev–Trinajstić information content (AvgIpc) is 2.87. The van der Waals surface area contributed by atoms with E-state index in [1.165, 1.54) is 20.3 Å². The molecule has 1 atom stereocenters. The number of hydrogen-bond acceptors (Lipinski definition) is 4. The molecule has 2 aromatic rings. The van der Waals surface area contributed by atoms with Crippen LogP contribution in [0.5, 0.6) is 0 Å². The van der Waals surface area contributed by atoms with Gasteiger partial charge >= 0.3 is 0 Å². The number of rotatable bonds is 6. The zero-order valence-electron chi connectivity index (χ0n) is 11.6. The molecule has 0 aliphatic heterocycles. The van der Waals surface area contributed by atoms with Crippen molar-refractivity contribution in [1.29, 1.82) is 0 Å². The molecule has 0 radical (unpaired) electrons. The molecule has 1 N–H and O–H groups in total. The molecule has 0 amide bonds. The Morgan fingerprint density at radius 2 is 2.16 bits per heavy atom. The number of hydrogen-bond donors (Lipinski definition) is 1. The summed E-state index contributed by atoms with van der Waals surface area (Å²) in [5, 5.41) is 4.62. The number of nitrogens with zero attached hydrogens (tertiary/aromatic N) is 1. The number of benzene rings is 1. The predicted octanol–water partition coefficient (Wildman–Crippen LogP) is 4.41. The molecule has 0 bridgehead atoms. The number of thioether (sulfide) groups is 1. The zero-order chi connectivity index (χ0) is 13.7. The topological polar surface area (TPSA) is 24.9 Å². The first-order chi connectivity index (χ1) is 9.20. The quantitative estimate of drug-likeness (QED) is 0.798. The van der Waals surface area contributed by atoms with Crippen molar-refractivity contribution in [2.24, 2.45) is 0 Å². The highest BCUT2D eigenvalue weighted by molar-refractivity contribution is 7.98. The standard InChI is InChI=1S/C15H20N2S2/c1-4-16-12(3)14-9-17-15(19-14)10-18-13-8-6-5-7-11(13)2/h5-9,12,16H,4,10H2,1-3H3. The molecule has 102 valence electrons. The van der Waals surface area contributed by atoms with E-state index >= 15 is 0 Å². The molecule has 0 spiro atoms. The molecule has 1 heterocycles. The van der Waals surface area contributed by atoms with Crippen LogP contribution in [0.4, 0.5) is 0 Å². The van der Waals surface area contributed by atoms with Gasteiger partial charge in [-0.15, -0.1) is 23.1 Å². The van der Waals surface area contributed by atoms with E-state index in [1.54, 1.807) is 0 Å². The van der Waals surface area contributed by atoms with Crippen molar-refractivity contribution in [3.8, 4) is 0 Å². The van der Waals surface area contributed by atoms with E-state index in [1.807, 2.05) is 29.3 Å². The third kappa shape index (κ3) is 4.06. The molecule has 1 unspecified atom stereocenters. The molecule has 0 saturated heterocycles. The van der Waals surface area contributed by atoms with E-state index in [0.29, 0.717) is 6.04 Å². The Bertz CT molecular complexity index is 522. The third-order valence-corrected chi connectivity index (χ3v) is 5.50. The molecule has 4 heteroatoms. The Morgan fingerprint density at radius 3 is 2.89 bits per heavy atom. The van der Waals surface area contributed by atoms with E-state index in [4.69, 9.17) is 0 Å². The molecule has 1 aromatic carbocycles. The van der Waals surface area contributed by atoms with Crippen molar-refractivity contribution in [1.82, 2.24) is 10.3 Å². The smallest absolute Gasteiger partial charge is 0.103 e. The van der Waals surface area contributed by atoms with Gasteiger partial charge in [0.25, 0.3) is 0 Å². The lowest BCUT2D eigenvalue weighted by Gasteiger charge is -2.08. The highest BCUT2D eigenvalue weighted by atomic mass is 32.2. The van der Waals surface area contributed by atoms with E-state index in [-0.39, 0.29) is 0 Å². The third-order valence-electron chi connectivity index (χ3n) is 2.95. The molecule has 0 saturated carbocycles. The van der Waals surface area contributed by atoms with Crippen LogP contribution in [0.15, 0.2) is 35.4 Å². The number of aryl methyl sites for hydroxylation is 1. The van der Waals surface area contributed by atoms with Gasteiger partial charge in [0, 0.05) is 22.0 Å². The van der Waals surface area contributed by atoms with Crippen LogP contribution in [-0.4, -0.2) is 11.5 Å². The highest BCUT2D eigenvalue weighted by Gasteiger charge is 2.09. The van der Waals surface area contributed by atoms with E-state index in [9.17, 15) is 0 Å². The van der Waals surface area contributed by atoms with Gasteiger partial charge in [0.2, 0.25) is 0 Å². The van der Waals surface area contributed by atoms with Crippen molar-refractivity contribution < 1.29 is 0 Å². The fourth-order valence-corrected chi connectivity index (χ4v) is 3.84. The first-order valence-corrected chi connectivity index (χ1v) is 8.37. The van der Waals surface area contributed by atoms with Crippen LogP contribution in [0.3, 0.4) is 0 Å². The van der Waals surface area contributed by atoms with Gasteiger partial charge in [0.15, 0.2) is 0 Å². The number of thiazole rings is 1. The minimum Gasteiger partial charge on any atom is -0.310 e. The second-order valence-corrected chi connectivity index (χ2v) is 6.65. The van der Waals surface area contributed by atoms with Crippen LogP contribution in [0.1, 0.15) is 35.3 Å². The maximum absolute atomic E-state index is 4.52. The molecular formula is C15H20N2S2. The van der Waals surface area contributed by atoms with E-state index < -0.39 is 0 Å². The minimum absolute atomic E-state index is 0.403. The Balaban J connectivity index is 1.95. The van der Waals surface area contributed by atoms with Gasteiger partial charge in [-0.2, -0.15) is 0 Å². The Morgan fingerprint density at radius 1 is 1.37 bits per heavy atom. The molecule has 0 aliphatic carbocycles. The second kappa shape index (κ2) is 7.08. The van der Waals surface area contributed by atoms with Crippen LogP contribution in [-0.2, 0) is 5.75 Å². The van der Waals surface area contributed by atoms with Crippen LogP contribution in [0.25, 0.3) is 0 Å². The van der Waals surface area contributed by atoms with Gasteiger partial charge in [0.1, 0.15) is 5.01 Å². The molecule has 0 fully saturated rings. The van der Waals surface area contributed by atoms with Gasteiger partial charge in [-0.1, -0.05) is 25.1 Å². The van der Waals surface area contributed by atoms with Crippen LogP contribution < -0.4 is 5.32 Å². The minimum atomic E-state index is 0.403. The molecule has 2 nitrogen and oxygen atoms in total. The summed E-state index contributed by atoms with van der Waals surface area (Å²) in [5.41, 5.74) is 1.34. The first kappa shape index (κ1) is 14.6. The number of nitrogens with one attached hydrogen (secondary N) is 1. The second-order valence-electron chi connectivity index (χ2n) is 4.49. The normalized spacial score (nSPS) is 12.6. The van der Waals surface area contributed by atoms with Gasteiger partial charge in [-0.25, -0.2) is 4.98 Å². The van der Waals surface area contributed by atoms with Crippen molar-refractivity contribution in [3.05, 3.63) is 45.9 Å². The van der Waals surface area contributed by atoms with Crippen molar-refractivity contribution in [2.45, 2.75) is 37.5 Å². The maximum Gasteiger partial charge on any atom is 0.103 e. The van der Waals surface area contributed by atoms with Crippen molar-refractivity contribution in [3.63, 3.8) is 0 Å². The highest BCUT2D eigenvalue weighted by Crippen LogP contribution is 2.29. The molecule has 2 rings (SSSR count). The fraction of sp³-hybridized carbons (Fsp3) is 0.400. The van der Waals surface area contributed by atoms with Crippen molar-refractivity contribution >= 4 is 23.1 Å². The van der Waals surface area contributed by atoms with Gasteiger partial charge in [-0.3, -0.25) is 0 Å². The number of aromatic nitrogens is 1. The van der Waals surface area contributed by atoms with Crippen LogP contribution in [0.2, 0.25) is 0 Å². The Labute approximate surface area is 123 Å². The summed E-state index contributed by atoms with van der Waals surface area (Å²) in [4.78, 5) is 7.19. The van der Waals surface area contributed by atoms with Gasteiger partial charge in [-0.05, 0) is 32.0 Å². The SMILES string of the molecule is CCNC(C)c1cnc(CSc2ccccc2C)s1. The maximum atomic E-state index is 4.52. The fourth-order valence-electron chi connectivity index (χ4n) is 1.86. The summed E-state index contributed by atoms with van der Waals surface area (Å²) >= 11 is 3.68. The monoisotopic (exact) mass is 292 g/mol. The van der Waals surface area contributed by atoms with E-state index in [0.717, 1.165) is 12.3 Å². The summed E-state index contributed by atoms with van der Waals surface area (Å²) < 4.78 is 0. The van der Waals surface area contributed by atoms with Gasteiger partial charge in [0.05, 0.1) is 5.75 Å². The molecule has 19 heavy (non-hydrogen) atoms. The Kier molecular flexibility index (Phi) is 5.43. The lowest BCUT2D eigenvalue weighted by atomic mass is 10.2. The molecular weight excluding hydrogens is 272 g/mol. The lowest BCUT2D eigenvalue weighted by molar-refractivity contribution is 0.606. The molecule has 1 aromatic heterocycles. The average molecular weight is 292 g/mol. The van der Waals surface area contributed by atoms with E-state index in [2.05, 4.69) is 55.3 Å². The molecule has 0 aliphatic rings. The summed E-state index contributed by atoms with van der Waals surface area (Å²) in [5.74, 6) is 0.953. The summed E-state index contributed by atoms with van der Waals surface area (Å²) in [7, 11) is 0. The Hall–Kier alpha value is -0.840. The zero-order valence-corrected chi connectivity index (χ0v) is 13.3. The van der Waals surface area contributed by atoms with Crippen LogP contribution in [0, 0.1) is 6.92 Å². The van der Waals surface area contributed by atoms with Gasteiger partial charge < -0.3 is 5.32 Å². The first-order valence-electron chi connectivity index (χ1n) is 6.57. The van der Waals surface area contributed by atoms with Crippen molar-refractivity contribution in [2.75, 3.05) is 6.54 Å². The summed E-state index contributed by atoms with van der Waals surface area (Å²) in [6.07, 6.45) is 2.01. The largest absolute Gasteiger partial charge is 0.310 e. The summed E-state index contributed by atoms with van der Waals surface area (Å²) in [6.45, 7) is 7.47. The summed E-state index contributed by atoms with van der Waals surface area (Å²) in [6, 6.07) is 8.91.